The van der Waals surface area contributed by atoms with E-state index in [9.17, 15) is 19.4 Å². The van der Waals surface area contributed by atoms with Gasteiger partial charge < -0.3 is 21.1 Å². The summed E-state index contributed by atoms with van der Waals surface area (Å²) in [6.45, 7) is 3.93. The van der Waals surface area contributed by atoms with Crippen molar-refractivity contribution < 1.29 is 28.4 Å². The van der Waals surface area contributed by atoms with E-state index in [0.29, 0.717) is 6.42 Å². The SMILES string of the molecule is CC/C=C\C/C=C\C/C=C\C/C=C\C/C=C\CCCCCCCCCC(=O)NC(COP(=O)(O)OCCN)C(O)/C=C/CC/C=C/CC/C=C/CCCCCC. The maximum Gasteiger partial charge on any atom is 0.472 e. The summed E-state index contributed by atoms with van der Waals surface area (Å²) in [7, 11) is -4.36. The molecule has 0 radical (unpaired) electrons. The predicted molar refractivity (Wildman–Crippen MR) is 239 cm³/mol. The Morgan fingerprint density at radius 3 is 1.59 bits per heavy atom. The van der Waals surface area contributed by atoms with Crippen LogP contribution in [0.5, 0.6) is 0 Å². The normalized spacial score (nSPS) is 15.0. The van der Waals surface area contributed by atoms with Gasteiger partial charge in [-0.25, -0.2) is 4.57 Å². The van der Waals surface area contributed by atoms with Gasteiger partial charge in [-0.05, 0) is 89.9 Å². The van der Waals surface area contributed by atoms with Crippen molar-refractivity contribution >= 4 is 13.7 Å². The van der Waals surface area contributed by atoms with Crippen LogP contribution in [0.15, 0.2) is 97.2 Å². The first kappa shape index (κ1) is 53.4. The van der Waals surface area contributed by atoms with Gasteiger partial charge in [-0.2, -0.15) is 0 Å². The van der Waals surface area contributed by atoms with Crippen LogP contribution in [0.4, 0.5) is 0 Å². The van der Waals surface area contributed by atoms with Gasteiger partial charge in [-0.15, -0.1) is 0 Å². The molecule has 0 spiro atoms. The Kier molecular flexibility index (Phi) is 40.1. The number of aliphatic hydroxyl groups excluding tert-OH is 1. The topological polar surface area (TPSA) is 131 Å². The quantitative estimate of drug-likeness (QED) is 0.0276. The molecular weight excluding hydrogens is 719 g/mol. The number of carbonyl (C=O) groups is 1. The van der Waals surface area contributed by atoms with Crippen LogP contribution >= 0.6 is 7.82 Å². The summed E-state index contributed by atoms with van der Waals surface area (Å²) in [5.74, 6) is -0.225. The summed E-state index contributed by atoms with van der Waals surface area (Å²) in [5, 5.41) is 13.6. The monoisotopic (exact) mass is 801 g/mol. The Balaban J connectivity index is 4.28. The summed E-state index contributed by atoms with van der Waals surface area (Å²) in [5.41, 5.74) is 5.37. The van der Waals surface area contributed by atoms with Crippen LogP contribution in [-0.2, 0) is 18.4 Å². The molecule has 56 heavy (non-hydrogen) atoms. The van der Waals surface area contributed by atoms with Gasteiger partial charge in [0.1, 0.15) is 0 Å². The molecule has 3 atom stereocenters. The Bertz CT molecular complexity index is 1190. The van der Waals surface area contributed by atoms with Crippen molar-refractivity contribution in [3.05, 3.63) is 97.2 Å². The molecule has 0 fully saturated rings. The van der Waals surface area contributed by atoms with E-state index < -0.39 is 20.0 Å². The van der Waals surface area contributed by atoms with Crippen LogP contribution in [0.25, 0.3) is 0 Å². The number of carbonyl (C=O) groups excluding carboxylic acids is 1. The van der Waals surface area contributed by atoms with E-state index in [4.69, 9.17) is 14.8 Å². The average molecular weight is 801 g/mol. The molecule has 0 aromatic rings. The third kappa shape index (κ3) is 39.6. The number of nitrogens with one attached hydrogen (secondary N) is 1. The zero-order chi connectivity index (χ0) is 41.1. The average Bonchev–Trinajstić information content (AvgIpc) is 3.19. The second-order valence-electron chi connectivity index (χ2n) is 14.1. The van der Waals surface area contributed by atoms with E-state index in [2.05, 4.69) is 104 Å². The summed E-state index contributed by atoms with van der Waals surface area (Å²) < 4.78 is 22.1. The van der Waals surface area contributed by atoms with Gasteiger partial charge in [0, 0.05) is 13.0 Å². The molecule has 0 aliphatic heterocycles. The first-order valence-electron chi connectivity index (χ1n) is 21.9. The third-order valence-corrected chi connectivity index (χ3v) is 9.86. The van der Waals surface area contributed by atoms with Gasteiger partial charge in [0.15, 0.2) is 0 Å². The van der Waals surface area contributed by atoms with Gasteiger partial charge in [-0.1, -0.05) is 162 Å². The zero-order valence-corrected chi connectivity index (χ0v) is 36.2. The van der Waals surface area contributed by atoms with E-state index in [1.807, 2.05) is 6.08 Å². The molecule has 0 rings (SSSR count). The third-order valence-electron chi connectivity index (χ3n) is 8.87. The maximum atomic E-state index is 12.8. The number of phosphoric acid groups is 1. The lowest BCUT2D eigenvalue weighted by molar-refractivity contribution is -0.123. The van der Waals surface area contributed by atoms with Crippen molar-refractivity contribution in [2.75, 3.05) is 19.8 Å². The first-order valence-corrected chi connectivity index (χ1v) is 23.4. The highest BCUT2D eigenvalue weighted by Gasteiger charge is 2.26. The standard InChI is InChI=1S/C47H81N2O6P/c1-3-5-7-9-11-13-15-17-19-20-21-22-23-24-25-26-27-29-31-33-35-37-39-41-47(51)49-45(44-55-56(52,53)54-43-42-48)46(50)40-38-36-34-32-30-28-18-16-14-12-10-8-6-4-2/h5,7,11,13-14,16-17,19,21-22,24-25,30,32,38,40,45-46,50H,3-4,6,8-10,12,15,18,20,23,26-29,31,33-37,39,41-44,48H2,1-2H3,(H,49,51)(H,52,53)/b7-5-,13-11-,16-14+,19-17-,22-21-,25-24-,32-30+,40-38+. The molecule has 0 aromatic heterocycles. The van der Waals surface area contributed by atoms with Crippen LogP contribution < -0.4 is 11.1 Å². The summed E-state index contributed by atoms with van der Waals surface area (Å²) >= 11 is 0. The van der Waals surface area contributed by atoms with Crippen LogP contribution in [0, 0.1) is 0 Å². The molecule has 0 saturated carbocycles. The Morgan fingerprint density at radius 1 is 0.607 bits per heavy atom. The van der Waals surface area contributed by atoms with Crippen LogP contribution in [-0.4, -0.2) is 47.8 Å². The lowest BCUT2D eigenvalue weighted by atomic mass is 10.1. The van der Waals surface area contributed by atoms with Crippen molar-refractivity contribution in [3.63, 3.8) is 0 Å². The molecule has 0 aliphatic carbocycles. The molecule has 320 valence electrons. The Morgan fingerprint density at radius 2 is 1.05 bits per heavy atom. The summed E-state index contributed by atoms with van der Waals surface area (Å²) in [6, 6.07) is -0.895. The molecule has 1 amide bonds. The molecular formula is C47H81N2O6P. The van der Waals surface area contributed by atoms with E-state index in [0.717, 1.165) is 96.3 Å². The highest BCUT2D eigenvalue weighted by molar-refractivity contribution is 7.47. The number of amides is 1. The van der Waals surface area contributed by atoms with Crippen molar-refractivity contribution in [2.45, 2.75) is 174 Å². The highest BCUT2D eigenvalue weighted by atomic mass is 31.2. The number of allylic oxidation sites excluding steroid dienone is 15. The van der Waals surface area contributed by atoms with Gasteiger partial charge >= 0.3 is 7.82 Å². The van der Waals surface area contributed by atoms with Gasteiger partial charge in [0.2, 0.25) is 5.91 Å². The molecule has 9 heteroatoms. The zero-order valence-electron chi connectivity index (χ0n) is 35.3. The summed E-state index contributed by atoms with van der Waals surface area (Å²) in [6.07, 6.45) is 57.4. The fourth-order valence-corrected chi connectivity index (χ4v) is 6.36. The number of unbranched alkanes of at least 4 members (excludes halogenated alkanes) is 13. The fourth-order valence-electron chi connectivity index (χ4n) is 5.60. The smallest absolute Gasteiger partial charge is 0.387 e. The first-order chi connectivity index (χ1) is 27.4. The van der Waals surface area contributed by atoms with Crippen molar-refractivity contribution in [1.82, 2.24) is 5.32 Å². The van der Waals surface area contributed by atoms with E-state index in [1.54, 1.807) is 6.08 Å². The number of nitrogens with two attached hydrogens (primary N) is 1. The molecule has 0 aliphatic rings. The maximum absolute atomic E-state index is 12.8. The van der Waals surface area contributed by atoms with Crippen molar-refractivity contribution in [3.8, 4) is 0 Å². The minimum absolute atomic E-state index is 0.0643. The largest absolute Gasteiger partial charge is 0.472 e. The number of hydrogen-bond donors (Lipinski definition) is 4. The Hall–Kier alpha value is -2.58. The Labute approximate surface area is 342 Å². The van der Waals surface area contributed by atoms with E-state index in [-0.39, 0.29) is 25.7 Å². The molecule has 0 aromatic carbocycles. The van der Waals surface area contributed by atoms with E-state index in [1.165, 1.54) is 44.9 Å². The number of phosphoric ester groups is 1. The molecule has 0 heterocycles. The lowest BCUT2D eigenvalue weighted by Crippen LogP contribution is -2.45. The minimum atomic E-state index is -4.36. The number of rotatable bonds is 39. The second kappa shape index (κ2) is 42.0. The van der Waals surface area contributed by atoms with Crippen LogP contribution in [0.3, 0.4) is 0 Å². The highest BCUT2D eigenvalue weighted by Crippen LogP contribution is 2.43. The molecule has 3 unspecified atom stereocenters. The summed E-state index contributed by atoms with van der Waals surface area (Å²) in [4.78, 5) is 22.7. The van der Waals surface area contributed by atoms with Crippen molar-refractivity contribution in [2.24, 2.45) is 5.73 Å². The molecule has 8 nitrogen and oxygen atoms in total. The van der Waals surface area contributed by atoms with Gasteiger partial charge in [0.05, 0.1) is 25.4 Å². The van der Waals surface area contributed by atoms with Gasteiger partial charge in [0.25, 0.3) is 0 Å². The molecule has 0 saturated heterocycles. The number of hydrogen-bond acceptors (Lipinski definition) is 6. The predicted octanol–water partition coefficient (Wildman–Crippen LogP) is 12.4. The number of aliphatic hydroxyl groups is 1. The molecule has 5 N–H and O–H groups in total. The minimum Gasteiger partial charge on any atom is -0.387 e. The van der Waals surface area contributed by atoms with Crippen LogP contribution in [0.2, 0.25) is 0 Å². The second-order valence-corrected chi connectivity index (χ2v) is 15.6. The van der Waals surface area contributed by atoms with Crippen LogP contribution in [0.1, 0.15) is 162 Å². The van der Waals surface area contributed by atoms with Gasteiger partial charge in [-0.3, -0.25) is 13.8 Å². The molecule has 0 bridgehead atoms. The van der Waals surface area contributed by atoms with Crippen molar-refractivity contribution in [1.29, 1.82) is 0 Å². The fraction of sp³-hybridized carbons (Fsp3) is 0.638. The lowest BCUT2D eigenvalue weighted by Gasteiger charge is -2.23. The van der Waals surface area contributed by atoms with E-state index >= 15 is 0 Å².